The number of halogens is 2. The molecule has 0 spiro atoms. The Balaban J connectivity index is 2.45. The normalized spacial score (nSPS) is 20.1. The maximum Gasteiger partial charge on any atom is 0.307 e. The van der Waals surface area contributed by atoms with Crippen LogP contribution in [-0.4, -0.2) is 31.1 Å². The molecule has 0 aliphatic carbocycles. The molecule has 1 saturated heterocycles. The number of rotatable bonds is 2. The highest BCUT2D eigenvalue weighted by Gasteiger charge is 2.40. The van der Waals surface area contributed by atoms with Crippen molar-refractivity contribution in [3.05, 3.63) is 16.2 Å². The van der Waals surface area contributed by atoms with E-state index in [1.165, 1.54) is 11.1 Å². The van der Waals surface area contributed by atoms with Crippen LogP contribution in [0.2, 0.25) is 0 Å². The topological polar surface area (TPSA) is 93.4 Å². The first-order valence-corrected chi connectivity index (χ1v) is 7.60. The number of nitrogen functional groups attached to an aromatic ring is 1. The first kappa shape index (κ1) is 14.2. The van der Waals surface area contributed by atoms with Crippen molar-refractivity contribution in [1.29, 1.82) is 0 Å². The predicted molar refractivity (Wildman–Crippen MR) is 71.9 cm³/mol. The van der Waals surface area contributed by atoms with Gasteiger partial charge in [-0.3, -0.25) is 4.79 Å². The van der Waals surface area contributed by atoms with Gasteiger partial charge < -0.3 is 10.6 Å². The fraction of sp³-hybridized carbons (Fsp3) is 0.400. The lowest BCUT2D eigenvalue weighted by Crippen LogP contribution is -2.28. The summed E-state index contributed by atoms with van der Waals surface area (Å²) in [5.41, 5.74) is 6.69. The summed E-state index contributed by atoms with van der Waals surface area (Å²) in [5, 5.41) is -1.35. The number of carbonyl (C=O) groups is 1. The number of amides is 1. The zero-order valence-electron chi connectivity index (χ0n) is 9.93. The number of hydrogen-bond acceptors (Lipinski definition) is 5. The van der Waals surface area contributed by atoms with Gasteiger partial charge in [-0.1, -0.05) is 0 Å². The van der Waals surface area contributed by atoms with Gasteiger partial charge in [0.25, 0.3) is 0 Å². The molecule has 104 valence electrons. The number of hydrogen-bond donors (Lipinski definition) is 1. The largest absolute Gasteiger partial charge is 0.382 e. The third-order valence-electron chi connectivity index (χ3n) is 3.03. The molecular formula is C10H11BrFN3O3S. The van der Waals surface area contributed by atoms with Gasteiger partial charge in [-0.15, -0.1) is 3.89 Å². The van der Waals surface area contributed by atoms with Crippen molar-refractivity contribution >= 4 is 43.6 Å². The van der Waals surface area contributed by atoms with Gasteiger partial charge >= 0.3 is 10.2 Å². The molecule has 1 aliphatic heterocycles. The van der Waals surface area contributed by atoms with Gasteiger partial charge in [0.1, 0.15) is 11.1 Å². The van der Waals surface area contributed by atoms with Crippen LogP contribution >= 0.6 is 15.9 Å². The molecule has 19 heavy (non-hydrogen) atoms. The Labute approximate surface area is 118 Å². The zero-order chi connectivity index (χ0) is 14.4. The van der Waals surface area contributed by atoms with E-state index in [1.807, 2.05) is 0 Å². The van der Waals surface area contributed by atoms with Crippen molar-refractivity contribution in [3.8, 4) is 0 Å². The smallest absolute Gasteiger partial charge is 0.307 e. The van der Waals surface area contributed by atoms with E-state index < -0.39 is 21.4 Å². The Morgan fingerprint density at radius 1 is 1.58 bits per heavy atom. The monoisotopic (exact) mass is 351 g/mol. The van der Waals surface area contributed by atoms with Crippen molar-refractivity contribution in [3.63, 3.8) is 0 Å². The molecule has 1 aromatic heterocycles. The lowest BCUT2D eigenvalue weighted by molar-refractivity contribution is -0.117. The molecule has 1 amide bonds. The minimum atomic E-state index is -4.75. The van der Waals surface area contributed by atoms with E-state index in [4.69, 9.17) is 5.73 Å². The second kappa shape index (κ2) is 4.71. The molecule has 1 fully saturated rings. The van der Waals surface area contributed by atoms with Crippen LogP contribution in [0.25, 0.3) is 0 Å². The highest BCUT2D eigenvalue weighted by atomic mass is 79.9. The van der Waals surface area contributed by atoms with Crippen LogP contribution in [0.1, 0.15) is 12.0 Å². The van der Waals surface area contributed by atoms with Gasteiger partial charge in [-0.05, 0) is 28.4 Å². The van der Waals surface area contributed by atoms with Gasteiger partial charge in [-0.25, -0.2) is 4.98 Å². The summed E-state index contributed by atoms with van der Waals surface area (Å²) in [6.07, 6.45) is 1.10. The van der Waals surface area contributed by atoms with Crippen LogP contribution in [0.5, 0.6) is 0 Å². The second-order valence-corrected chi connectivity index (χ2v) is 6.74. The highest BCUT2D eigenvalue weighted by molar-refractivity contribution is 9.10. The quantitative estimate of drug-likeness (QED) is 0.806. The summed E-state index contributed by atoms with van der Waals surface area (Å²) >= 11 is 3.25. The van der Waals surface area contributed by atoms with Crippen LogP contribution < -0.4 is 10.6 Å². The van der Waals surface area contributed by atoms with Gasteiger partial charge in [0, 0.05) is 23.6 Å². The summed E-state index contributed by atoms with van der Waals surface area (Å²) in [5.74, 6) is -0.383. The average Bonchev–Trinajstić information content (AvgIpc) is 2.67. The first-order chi connectivity index (χ1) is 8.71. The van der Waals surface area contributed by atoms with E-state index in [0.29, 0.717) is 15.7 Å². The van der Waals surface area contributed by atoms with Crippen LogP contribution in [-0.2, 0) is 15.0 Å². The Bertz CT molecular complexity index is 650. The van der Waals surface area contributed by atoms with Crippen LogP contribution in [0.4, 0.5) is 15.4 Å². The predicted octanol–water partition coefficient (Wildman–Crippen LogP) is 1.14. The highest BCUT2D eigenvalue weighted by Crippen LogP contribution is 2.34. The summed E-state index contributed by atoms with van der Waals surface area (Å²) in [7, 11) is -4.75. The number of pyridine rings is 1. The van der Waals surface area contributed by atoms with Crippen LogP contribution in [0.15, 0.2) is 10.7 Å². The van der Waals surface area contributed by atoms with E-state index in [1.54, 1.807) is 6.92 Å². The van der Waals surface area contributed by atoms with Crippen molar-refractivity contribution in [1.82, 2.24) is 4.98 Å². The van der Waals surface area contributed by atoms with Gasteiger partial charge in [0.15, 0.2) is 0 Å². The standard InChI is InChI=1S/C10H11BrFN3O3S/c1-5-7(11)3-14-10(13)9(5)15-4-6(2-8(15)16)19(12,17)18/h3,6H,2,4H2,1H3,(H2,13,14). The summed E-state index contributed by atoms with van der Waals surface area (Å²) in [4.78, 5) is 16.9. The number of aromatic nitrogens is 1. The fourth-order valence-electron chi connectivity index (χ4n) is 2.01. The van der Waals surface area contributed by atoms with E-state index in [9.17, 15) is 17.1 Å². The summed E-state index contributed by atoms with van der Waals surface area (Å²) in [6.45, 7) is 1.46. The number of anilines is 2. The average molecular weight is 352 g/mol. The molecule has 6 nitrogen and oxygen atoms in total. The minimum Gasteiger partial charge on any atom is -0.382 e. The molecule has 2 rings (SSSR count). The molecule has 1 aromatic rings. The van der Waals surface area contributed by atoms with Crippen LogP contribution in [0.3, 0.4) is 0 Å². The first-order valence-electron chi connectivity index (χ1n) is 5.36. The molecule has 1 atom stereocenters. The van der Waals surface area contributed by atoms with Crippen molar-refractivity contribution in [2.24, 2.45) is 0 Å². The molecule has 1 unspecified atom stereocenters. The van der Waals surface area contributed by atoms with Gasteiger partial charge in [0.05, 0.1) is 5.69 Å². The van der Waals surface area contributed by atoms with Crippen molar-refractivity contribution < 1.29 is 17.1 Å². The third kappa shape index (κ3) is 2.57. The van der Waals surface area contributed by atoms with E-state index in [-0.39, 0.29) is 18.8 Å². The Kier molecular flexibility index (Phi) is 3.52. The van der Waals surface area contributed by atoms with Crippen LogP contribution in [0, 0.1) is 6.92 Å². The number of carbonyl (C=O) groups excluding carboxylic acids is 1. The molecule has 1 aliphatic rings. The Hall–Kier alpha value is -1.22. The molecular weight excluding hydrogens is 341 g/mol. The van der Waals surface area contributed by atoms with E-state index >= 15 is 0 Å². The van der Waals surface area contributed by atoms with Crippen molar-refractivity contribution in [2.75, 3.05) is 17.2 Å². The SMILES string of the molecule is Cc1c(Br)cnc(N)c1N1CC(S(=O)(=O)F)CC1=O. The maximum absolute atomic E-state index is 13.0. The lowest BCUT2D eigenvalue weighted by Gasteiger charge is -2.20. The summed E-state index contributed by atoms with van der Waals surface area (Å²) < 4.78 is 35.4. The Morgan fingerprint density at radius 2 is 2.21 bits per heavy atom. The molecule has 0 saturated carbocycles. The number of nitrogens with two attached hydrogens (primary N) is 1. The van der Waals surface area contributed by atoms with E-state index in [2.05, 4.69) is 20.9 Å². The molecule has 2 heterocycles. The lowest BCUT2D eigenvalue weighted by atomic mass is 10.2. The molecule has 0 radical (unpaired) electrons. The maximum atomic E-state index is 13.0. The molecule has 0 bridgehead atoms. The Morgan fingerprint density at radius 3 is 2.74 bits per heavy atom. The fourth-order valence-corrected chi connectivity index (χ4v) is 2.97. The molecule has 0 aromatic carbocycles. The second-order valence-electron chi connectivity index (χ2n) is 4.27. The zero-order valence-corrected chi connectivity index (χ0v) is 12.3. The summed E-state index contributed by atoms with van der Waals surface area (Å²) in [6, 6.07) is 0. The van der Waals surface area contributed by atoms with E-state index in [0.717, 1.165) is 0 Å². The van der Waals surface area contributed by atoms with Gasteiger partial charge in [-0.2, -0.15) is 8.42 Å². The van der Waals surface area contributed by atoms with Crippen molar-refractivity contribution in [2.45, 2.75) is 18.6 Å². The third-order valence-corrected chi connectivity index (χ3v) is 4.94. The molecule has 9 heteroatoms. The van der Waals surface area contributed by atoms with Gasteiger partial charge in [0.2, 0.25) is 5.91 Å². The number of nitrogens with zero attached hydrogens (tertiary/aromatic N) is 2. The molecule has 2 N–H and O–H groups in total. The minimum absolute atomic E-state index is 0.103.